The molecular weight excluding hydrogens is 268 g/mol. The fraction of sp³-hybridized carbons (Fsp3) is 0.294. The molecule has 1 unspecified atom stereocenters. The monoisotopic (exact) mass is 286 g/mol. The number of rotatable bonds is 4. The molecule has 0 bridgehead atoms. The minimum absolute atomic E-state index is 0.545. The third kappa shape index (κ3) is 3.11. The summed E-state index contributed by atoms with van der Waals surface area (Å²) in [6.07, 6.45) is -0.0295. The van der Waals surface area contributed by atoms with Gasteiger partial charge in [-0.15, -0.1) is 0 Å². The molecule has 0 fully saturated rings. The highest BCUT2D eigenvalue weighted by atomic mass is 16.6. The highest BCUT2D eigenvalue weighted by Crippen LogP contribution is 2.33. The van der Waals surface area contributed by atoms with E-state index in [4.69, 9.17) is 14.2 Å². The van der Waals surface area contributed by atoms with Crippen LogP contribution in [0, 0.1) is 0 Å². The maximum absolute atomic E-state index is 10.4. The molecule has 110 valence electrons. The second kappa shape index (κ2) is 6.06. The number of methoxy groups -OCH3 is 1. The molecule has 3 rings (SSSR count). The van der Waals surface area contributed by atoms with Gasteiger partial charge >= 0.3 is 0 Å². The number of benzene rings is 2. The van der Waals surface area contributed by atoms with Crippen molar-refractivity contribution in [2.75, 3.05) is 20.3 Å². The number of hydrogen-bond donors (Lipinski definition) is 1. The molecule has 0 radical (unpaired) electrons. The van der Waals surface area contributed by atoms with Gasteiger partial charge in [0.05, 0.1) is 13.2 Å². The molecule has 0 saturated carbocycles. The fourth-order valence-electron chi connectivity index (χ4n) is 2.37. The predicted molar refractivity (Wildman–Crippen MR) is 79.1 cm³/mol. The van der Waals surface area contributed by atoms with E-state index in [-0.39, 0.29) is 0 Å². The maximum Gasteiger partial charge on any atom is 0.161 e. The predicted octanol–water partition coefficient (Wildman–Crippen LogP) is 2.74. The van der Waals surface area contributed by atoms with E-state index in [9.17, 15) is 5.11 Å². The molecular formula is C17H18O4. The molecule has 1 heterocycles. The van der Waals surface area contributed by atoms with E-state index in [0.29, 0.717) is 25.4 Å². The van der Waals surface area contributed by atoms with Crippen LogP contribution in [0.4, 0.5) is 0 Å². The van der Waals surface area contributed by atoms with Crippen LogP contribution in [0.1, 0.15) is 17.2 Å². The summed E-state index contributed by atoms with van der Waals surface area (Å²) in [6, 6.07) is 13.3. The van der Waals surface area contributed by atoms with Gasteiger partial charge in [-0.25, -0.2) is 0 Å². The van der Waals surface area contributed by atoms with Crippen molar-refractivity contribution in [2.45, 2.75) is 12.5 Å². The van der Waals surface area contributed by atoms with E-state index >= 15 is 0 Å². The van der Waals surface area contributed by atoms with Gasteiger partial charge in [0, 0.05) is 6.42 Å². The zero-order valence-corrected chi connectivity index (χ0v) is 11.9. The molecule has 0 aliphatic carbocycles. The Labute approximate surface area is 123 Å². The van der Waals surface area contributed by atoms with E-state index in [1.165, 1.54) is 0 Å². The Kier molecular flexibility index (Phi) is 3.97. The Bertz CT molecular complexity index is 607. The zero-order valence-electron chi connectivity index (χ0n) is 11.9. The standard InChI is InChI=1S/C17H18O4/c1-19-14-5-2-12(3-6-14)10-15(18)13-4-7-16-17(11-13)21-9-8-20-16/h2-7,11,15,18H,8-10H2,1H3. The number of ether oxygens (including phenoxy) is 3. The zero-order chi connectivity index (χ0) is 14.7. The maximum atomic E-state index is 10.4. The Balaban J connectivity index is 1.73. The van der Waals surface area contributed by atoms with Gasteiger partial charge in [0.15, 0.2) is 11.5 Å². The summed E-state index contributed by atoms with van der Waals surface area (Å²) in [5, 5.41) is 10.4. The van der Waals surface area contributed by atoms with Crippen LogP contribution in [0.3, 0.4) is 0 Å². The van der Waals surface area contributed by atoms with Gasteiger partial charge < -0.3 is 19.3 Å². The van der Waals surface area contributed by atoms with Crippen LogP contribution in [0.15, 0.2) is 42.5 Å². The van der Waals surface area contributed by atoms with Crippen LogP contribution >= 0.6 is 0 Å². The Morgan fingerprint density at radius 3 is 2.48 bits per heavy atom. The van der Waals surface area contributed by atoms with Crippen LogP contribution < -0.4 is 14.2 Å². The summed E-state index contributed by atoms with van der Waals surface area (Å²) in [5.74, 6) is 2.25. The molecule has 0 amide bonds. The molecule has 1 aliphatic rings. The molecule has 0 spiro atoms. The van der Waals surface area contributed by atoms with Gasteiger partial charge in [0.1, 0.15) is 19.0 Å². The number of aliphatic hydroxyl groups excluding tert-OH is 1. The lowest BCUT2D eigenvalue weighted by atomic mass is 10.0. The van der Waals surface area contributed by atoms with Gasteiger partial charge in [-0.05, 0) is 35.4 Å². The van der Waals surface area contributed by atoms with Crippen molar-refractivity contribution in [3.63, 3.8) is 0 Å². The van der Waals surface area contributed by atoms with Crippen molar-refractivity contribution in [3.8, 4) is 17.2 Å². The van der Waals surface area contributed by atoms with Crippen LogP contribution in [0.2, 0.25) is 0 Å². The van der Waals surface area contributed by atoms with Crippen LogP contribution in [0.25, 0.3) is 0 Å². The minimum atomic E-state index is -0.575. The lowest BCUT2D eigenvalue weighted by Gasteiger charge is -2.20. The summed E-state index contributed by atoms with van der Waals surface area (Å²) < 4.78 is 16.2. The highest BCUT2D eigenvalue weighted by Gasteiger charge is 2.15. The average Bonchev–Trinajstić information content (AvgIpc) is 2.55. The van der Waals surface area contributed by atoms with E-state index in [1.54, 1.807) is 7.11 Å². The third-order valence-electron chi connectivity index (χ3n) is 3.54. The summed E-state index contributed by atoms with van der Waals surface area (Å²) in [6.45, 7) is 1.12. The lowest BCUT2D eigenvalue weighted by molar-refractivity contribution is 0.164. The van der Waals surface area contributed by atoms with Crippen molar-refractivity contribution < 1.29 is 19.3 Å². The molecule has 2 aromatic carbocycles. The first-order chi connectivity index (χ1) is 10.3. The lowest BCUT2D eigenvalue weighted by Crippen LogP contribution is -2.15. The van der Waals surface area contributed by atoms with Gasteiger partial charge in [-0.1, -0.05) is 18.2 Å². The van der Waals surface area contributed by atoms with Crippen molar-refractivity contribution in [1.29, 1.82) is 0 Å². The van der Waals surface area contributed by atoms with E-state index < -0.39 is 6.10 Å². The first kappa shape index (κ1) is 13.8. The Hall–Kier alpha value is -2.20. The average molecular weight is 286 g/mol. The van der Waals surface area contributed by atoms with Gasteiger partial charge in [-0.2, -0.15) is 0 Å². The quantitative estimate of drug-likeness (QED) is 0.939. The van der Waals surface area contributed by atoms with Crippen molar-refractivity contribution in [2.24, 2.45) is 0 Å². The number of hydrogen-bond acceptors (Lipinski definition) is 4. The van der Waals surface area contributed by atoms with Gasteiger partial charge in [0.2, 0.25) is 0 Å². The van der Waals surface area contributed by atoms with E-state index in [1.807, 2.05) is 42.5 Å². The minimum Gasteiger partial charge on any atom is -0.497 e. The SMILES string of the molecule is COc1ccc(CC(O)c2ccc3c(c2)OCCO3)cc1. The van der Waals surface area contributed by atoms with E-state index in [0.717, 1.165) is 22.6 Å². The summed E-state index contributed by atoms with van der Waals surface area (Å²) in [7, 11) is 1.64. The summed E-state index contributed by atoms with van der Waals surface area (Å²) >= 11 is 0. The summed E-state index contributed by atoms with van der Waals surface area (Å²) in [5.41, 5.74) is 1.88. The van der Waals surface area contributed by atoms with Crippen LogP contribution in [-0.2, 0) is 6.42 Å². The molecule has 1 N–H and O–H groups in total. The smallest absolute Gasteiger partial charge is 0.161 e. The highest BCUT2D eigenvalue weighted by molar-refractivity contribution is 5.44. The molecule has 21 heavy (non-hydrogen) atoms. The largest absolute Gasteiger partial charge is 0.497 e. The second-order valence-electron chi connectivity index (χ2n) is 4.97. The van der Waals surface area contributed by atoms with Crippen molar-refractivity contribution >= 4 is 0 Å². The van der Waals surface area contributed by atoms with E-state index in [2.05, 4.69) is 0 Å². The molecule has 0 saturated heterocycles. The Morgan fingerprint density at radius 1 is 1.05 bits per heavy atom. The van der Waals surface area contributed by atoms with Gasteiger partial charge in [-0.3, -0.25) is 0 Å². The Morgan fingerprint density at radius 2 is 1.76 bits per heavy atom. The summed E-state index contributed by atoms with van der Waals surface area (Å²) in [4.78, 5) is 0. The fourth-order valence-corrected chi connectivity index (χ4v) is 2.37. The molecule has 2 aromatic rings. The third-order valence-corrected chi connectivity index (χ3v) is 3.54. The molecule has 0 aromatic heterocycles. The molecule has 1 atom stereocenters. The molecule has 4 heteroatoms. The van der Waals surface area contributed by atoms with Crippen LogP contribution in [-0.4, -0.2) is 25.4 Å². The first-order valence-corrected chi connectivity index (χ1v) is 6.97. The van der Waals surface area contributed by atoms with Crippen LogP contribution in [0.5, 0.6) is 17.2 Å². The number of fused-ring (bicyclic) bond motifs is 1. The normalized spacial score (nSPS) is 14.6. The molecule has 1 aliphatic heterocycles. The van der Waals surface area contributed by atoms with Crippen molar-refractivity contribution in [3.05, 3.63) is 53.6 Å². The number of aliphatic hydroxyl groups is 1. The first-order valence-electron chi connectivity index (χ1n) is 6.97. The second-order valence-corrected chi connectivity index (χ2v) is 4.97. The topological polar surface area (TPSA) is 47.9 Å². The van der Waals surface area contributed by atoms with Crippen molar-refractivity contribution in [1.82, 2.24) is 0 Å². The molecule has 4 nitrogen and oxygen atoms in total. The van der Waals surface area contributed by atoms with Gasteiger partial charge in [0.25, 0.3) is 0 Å².